The van der Waals surface area contributed by atoms with Gasteiger partial charge in [-0.2, -0.15) is 0 Å². The molecule has 0 aliphatic heterocycles. The normalized spacial score (nSPS) is 25.3. The van der Waals surface area contributed by atoms with Crippen LogP contribution in [-0.4, -0.2) is 48.0 Å². The third-order valence-corrected chi connectivity index (χ3v) is 16.5. The minimum Gasteiger partial charge on any atom is -0.662 e. The molecule has 0 aromatic rings. The summed E-state index contributed by atoms with van der Waals surface area (Å²) in [5, 5.41) is 5.26. The number of rotatable bonds is 10. The summed E-state index contributed by atoms with van der Waals surface area (Å²) in [6.07, 6.45) is 33.8. The van der Waals surface area contributed by atoms with Crippen molar-refractivity contribution in [1.82, 2.24) is 0 Å². The fourth-order valence-corrected chi connectivity index (χ4v) is 15.0. The van der Waals surface area contributed by atoms with Crippen LogP contribution >= 0.6 is 15.8 Å². The molecule has 32 heavy (non-hydrogen) atoms. The van der Waals surface area contributed by atoms with E-state index < -0.39 is 0 Å². The molecule has 0 N–H and O–H groups in total. The average molecular weight is 566 g/mol. The molecule has 4 fully saturated rings. The maximum atomic E-state index is 5.26. The topological polar surface area (TPSA) is 14.1 Å². The molecule has 1 nitrogen and oxygen atoms in total. The summed E-state index contributed by atoms with van der Waals surface area (Å²) in [5.74, 6) is 0. The number of nitrogens with zero attached hydrogens (tertiary/aromatic N) is 1. The Hall–Kier alpha value is 1.44. The van der Waals surface area contributed by atoms with Crippen LogP contribution < -0.4 is 0 Å². The fraction of sp³-hybridized carbons (Fsp3) is 1.00. The summed E-state index contributed by atoms with van der Waals surface area (Å²) in [6, 6.07) is 0. The van der Waals surface area contributed by atoms with Gasteiger partial charge in [-0.05, 0) is 74.0 Å². The van der Waals surface area contributed by atoms with E-state index in [0.717, 1.165) is 22.6 Å². The van der Waals surface area contributed by atoms with Crippen LogP contribution in [0.15, 0.2) is 0 Å². The Labute approximate surface area is 216 Å². The van der Waals surface area contributed by atoms with Gasteiger partial charge < -0.3 is 5.32 Å². The van der Waals surface area contributed by atoms with Crippen LogP contribution in [-0.2, 0) is 19.5 Å². The number of hydrogen-bond donors (Lipinski definition) is 0. The largest absolute Gasteiger partial charge is 1.00 e. The van der Waals surface area contributed by atoms with E-state index in [0.29, 0.717) is 0 Å². The van der Waals surface area contributed by atoms with Crippen LogP contribution in [0.25, 0.3) is 5.32 Å². The first kappa shape index (κ1) is 28.0. The van der Waals surface area contributed by atoms with Gasteiger partial charge in [0.15, 0.2) is 0 Å². The molecule has 4 rings (SSSR count). The molecule has 4 heteroatoms. The first-order chi connectivity index (χ1) is 15.4. The zero-order valence-electron chi connectivity index (χ0n) is 21.0. The predicted octanol–water partition coefficient (Wildman–Crippen LogP) is 9.65. The van der Waals surface area contributed by atoms with Crippen molar-refractivity contribution >= 4 is 15.8 Å². The zero-order valence-corrected chi connectivity index (χ0v) is 24.5. The van der Waals surface area contributed by atoms with Crippen molar-refractivity contribution in [2.24, 2.45) is 0 Å². The Balaban J connectivity index is 0.00000289. The molecule has 4 saturated carbocycles. The second kappa shape index (κ2) is 16.2. The van der Waals surface area contributed by atoms with Crippen molar-refractivity contribution in [1.29, 1.82) is 0 Å². The summed E-state index contributed by atoms with van der Waals surface area (Å²) in [5.41, 5.74) is 4.46. The van der Waals surface area contributed by atoms with Crippen molar-refractivity contribution in [2.45, 2.75) is 151 Å². The molecule has 4 aliphatic carbocycles. The van der Waals surface area contributed by atoms with Gasteiger partial charge in [0.1, 0.15) is 0 Å². The molecule has 0 saturated heterocycles. The first-order valence-electron chi connectivity index (χ1n) is 14.6. The second-order valence-corrected chi connectivity index (χ2v) is 17.2. The minimum absolute atomic E-state index is 0. The quantitative estimate of drug-likeness (QED) is 0.142. The van der Waals surface area contributed by atoms with E-state index in [2.05, 4.69) is 0 Å². The molecule has 1 radical (unpaired) electrons. The van der Waals surface area contributed by atoms with Gasteiger partial charge in [0.05, 0.1) is 0 Å². The van der Waals surface area contributed by atoms with E-state index in [1.165, 1.54) is 102 Å². The molecule has 0 bridgehead atoms. The first-order valence-corrected chi connectivity index (χ1v) is 17.9. The summed E-state index contributed by atoms with van der Waals surface area (Å²) in [6.45, 7) is 2.44. The Morgan fingerprint density at radius 1 is 0.406 bits per heavy atom. The molecule has 0 aromatic heterocycles. The van der Waals surface area contributed by atoms with E-state index >= 15 is 0 Å². The molecule has 0 aromatic carbocycles. The van der Waals surface area contributed by atoms with Gasteiger partial charge >= 0.3 is 19.5 Å². The third-order valence-electron chi connectivity index (χ3n) is 9.21. The fourth-order valence-electron chi connectivity index (χ4n) is 7.46. The van der Waals surface area contributed by atoms with Crippen LogP contribution in [0.4, 0.5) is 0 Å². The zero-order chi connectivity index (χ0) is 21.1. The van der Waals surface area contributed by atoms with Gasteiger partial charge in [-0.3, -0.25) is 0 Å². The van der Waals surface area contributed by atoms with Crippen LogP contribution in [0, 0.1) is 0 Å². The molecule has 0 unspecified atom stereocenters. The monoisotopic (exact) mass is 566 g/mol. The molecule has 4 aliphatic rings. The van der Waals surface area contributed by atoms with Gasteiger partial charge in [-0.1, -0.05) is 89.4 Å². The molecular formula is C28H52NP2Ru. The standard InChI is InChI=1S/C28H52NP2.Ru/c1-5-13-25(14-6-1)30(26-15-7-2-8-16-26)23-21-29-22-24-31(27-17-9-3-10-18-27)28-19-11-4-12-20-28;/h25-28H,1-24H2;/q-1;+1. The van der Waals surface area contributed by atoms with Crippen LogP contribution in [0.2, 0.25) is 0 Å². The maximum Gasteiger partial charge on any atom is 1.00 e. The van der Waals surface area contributed by atoms with Gasteiger partial charge in [0, 0.05) is 0 Å². The molecule has 187 valence electrons. The Morgan fingerprint density at radius 2 is 0.656 bits per heavy atom. The summed E-state index contributed by atoms with van der Waals surface area (Å²) in [4.78, 5) is 0. The van der Waals surface area contributed by atoms with Gasteiger partial charge in [0.25, 0.3) is 0 Å². The Morgan fingerprint density at radius 3 is 0.906 bits per heavy atom. The van der Waals surface area contributed by atoms with Crippen LogP contribution in [0.5, 0.6) is 0 Å². The van der Waals surface area contributed by atoms with Crippen molar-refractivity contribution in [2.75, 3.05) is 25.4 Å². The van der Waals surface area contributed by atoms with Crippen LogP contribution in [0.3, 0.4) is 0 Å². The van der Waals surface area contributed by atoms with Gasteiger partial charge in [-0.15, -0.1) is 28.9 Å². The minimum atomic E-state index is 0. The second-order valence-electron chi connectivity index (χ2n) is 11.3. The molecule has 0 spiro atoms. The van der Waals surface area contributed by atoms with E-state index in [9.17, 15) is 0 Å². The Bertz CT molecular complexity index is 388. The predicted molar refractivity (Wildman–Crippen MR) is 144 cm³/mol. The Kier molecular flexibility index (Phi) is 14.2. The van der Waals surface area contributed by atoms with E-state index in [4.69, 9.17) is 5.32 Å². The van der Waals surface area contributed by atoms with Crippen molar-refractivity contribution < 1.29 is 19.5 Å². The molecule has 0 atom stereocenters. The maximum absolute atomic E-state index is 5.26. The van der Waals surface area contributed by atoms with Gasteiger partial charge in [0.2, 0.25) is 0 Å². The van der Waals surface area contributed by atoms with E-state index in [1.54, 1.807) is 51.4 Å². The summed E-state index contributed by atoms with van der Waals surface area (Å²) < 4.78 is 0. The molecular weight excluding hydrogens is 513 g/mol. The third kappa shape index (κ3) is 8.83. The molecule has 0 amide bonds. The van der Waals surface area contributed by atoms with Crippen molar-refractivity contribution in [3.63, 3.8) is 0 Å². The smallest absolute Gasteiger partial charge is 0.662 e. The SMILES string of the molecule is C1CCC(P(CC[N-]CCP(C2CCCCC2)C2CCCCC2)C2CCCCC2)CC1.[Ru+]. The van der Waals surface area contributed by atoms with Crippen molar-refractivity contribution in [3.05, 3.63) is 5.32 Å². The summed E-state index contributed by atoms with van der Waals surface area (Å²) in [7, 11) is 0.517. The van der Waals surface area contributed by atoms with Crippen molar-refractivity contribution in [3.8, 4) is 0 Å². The average Bonchev–Trinajstić information content (AvgIpc) is 2.86. The summed E-state index contributed by atoms with van der Waals surface area (Å²) >= 11 is 0. The number of hydrogen-bond acceptors (Lipinski definition) is 0. The molecule has 0 heterocycles. The van der Waals surface area contributed by atoms with E-state index in [1.807, 2.05) is 0 Å². The van der Waals surface area contributed by atoms with Gasteiger partial charge in [-0.25, -0.2) is 0 Å². The van der Waals surface area contributed by atoms with Crippen LogP contribution in [0.1, 0.15) is 128 Å². The van der Waals surface area contributed by atoms with E-state index in [-0.39, 0.29) is 35.3 Å².